The maximum Gasteiger partial charge on any atom is 0.331 e. The van der Waals surface area contributed by atoms with E-state index in [1.807, 2.05) is 130 Å². The Bertz CT molecular complexity index is 2450. The van der Waals surface area contributed by atoms with Crippen molar-refractivity contribution in [1.29, 1.82) is 0 Å². The average Bonchev–Trinajstić information content (AvgIpc) is 2.87. The predicted molar refractivity (Wildman–Crippen MR) is 356 cm³/mol. The molecular weight excluding hydrogens is 1150 g/mol. The third-order valence-corrected chi connectivity index (χ3v) is 15.1. The Labute approximate surface area is 534 Å². The van der Waals surface area contributed by atoms with E-state index in [1.165, 1.54) is 31.2 Å². The minimum atomic E-state index is -1.69. The van der Waals surface area contributed by atoms with E-state index in [0.717, 1.165) is 18.4 Å². The van der Waals surface area contributed by atoms with E-state index in [-0.39, 0.29) is 93.1 Å². The number of guanidine groups is 1. The molecule has 0 bridgehead atoms. The first-order chi connectivity index (χ1) is 42.8. The molecule has 90 heavy (non-hydrogen) atoms. The number of nitrogens with zero attached hydrogens (tertiary/aromatic N) is 1. The lowest BCUT2D eigenvalue weighted by Crippen LogP contribution is -2.42. The topological polar surface area (TPSA) is 397 Å². The van der Waals surface area contributed by atoms with Crippen LogP contribution in [-0.2, 0) is 11.3 Å². The number of nitrogens with two attached hydrogens (primary N) is 2. The fraction of sp³-hybridized carbons (Fsp3) is 0.543. The standard InChI is InChI=1S/C70H110N4O16/c1-49(29-20-15-11-10-12-16-21-30-50(2)69(89)90)67(87)52(4)64(84)39-25-18-14-9-7-5-6-8-13-17-24-38-63(83)51(3)62(74-48-53-31-22-19-23-32-53)45-60(81)43-56(77)34-26-33-54(75)41-59(80)42-55(76)35-27-36-58(79)46-65(85)68(88)66(86)47-61(82)44-57(78)37-28-40-73-70(71)72/h5-10,12-14,16-27,29-32,34-35,39,49,51-52,54-68,74-88H,11,15,28,33,36-38,40-48H2,1-4H3,(H,89,90)(H4,71,72,73)/b6-5+,9-7+,12-10+,13-8+,18-14+,21-16+,24-17+,29-20+,34-26+,35-27+,39-25+,50-30+. The Kier molecular flexibility index (Phi) is 45.6. The molecule has 0 spiro atoms. The van der Waals surface area contributed by atoms with E-state index in [9.17, 15) is 76.3 Å². The van der Waals surface area contributed by atoms with Gasteiger partial charge in [0.25, 0.3) is 0 Å². The lowest BCUT2D eigenvalue weighted by Gasteiger charge is -2.31. The van der Waals surface area contributed by atoms with Gasteiger partial charge in [0.1, 0.15) is 6.10 Å². The second-order valence-electron chi connectivity index (χ2n) is 23.3. The van der Waals surface area contributed by atoms with E-state index >= 15 is 0 Å². The van der Waals surface area contributed by atoms with Gasteiger partial charge >= 0.3 is 5.97 Å². The number of carbonyl (C=O) groups is 1. The molecular formula is C70H110N4O16. The summed E-state index contributed by atoms with van der Waals surface area (Å²) < 4.78 is 0. The number of hydrogen-bond donors (Lipinski definition) is 18. The molecule has 20 N–H and O–H groups in total. The van der Waals surface area contributed by atoms with E-state index < -0.39 is 91.4 Å². The molecule has 0 aromatic heterocycles. The van der Waals surface area contributed by atoms with Crippen molar-refractivity contribution in [2.24, 2.45) is 34.2 Å². The van der Waals surface area contributed by atoms with Crippen LogP contribution in [0.25, 0.3) is 0 Å². The summed E-state index contributed by atoms with van der Waals surface area (Å²) in [6, 6.07) is 9.41. The smallest absolute Gasteiger partial charge is 0.331 e. The number of carboxylic acid groups (broad SMARTS) is 1. The number of aliphatic imine (C=N–C) groups is 1. The normalized spacial score (nSPS) is 19.4. The van der Waals surface area contributed by atoms with Gasteiger partial charge in [0, 0.05) is 62.2 Å². The number of aliphatic hydroxyl groups is 14. The molecule has 20 heteroatoms. The summed E-state index contributed by atoms with van der Waals surface area (Å²) >= 11 is 0. The molecule has 1 aromatic rings. The van der Waals surface area contributed by atoms with Crippen molar-refractivity contribution < 1.29 is 81.4 Å². The number of unbranched alkanes of at least 4 members (excludes halogenated alkanes) is 1. The van der Waals surface area contributed by atoms with Crippen LogP contribution in [0.4, 0.5) is 0 Å². The van der Waals surface area contributed by atoms with Crippen molar-refractivity contribution in [2.45, 2.75) is 216 Å². The zero-order valence-corrected chi connectivity index (χ0v) is 53.1. The molecule has 20 nitrogen and oxygen atoms in total. The quantitative estimate of drug-likeness (QED) is 0.0102. The molecule has 1 rings (SSSR count). The number of allylic oxidation sites excluding steroid dienone is 16. The second-order valence-corrected chi connectivity index (χ2v) is 23.3. The number of benzene rings is 1. The number of hydrogen-bond acceptors (Lipinski definition) is 17. The van der Waals surface area contributed by atoms with Gasteiger partial charge in [-0.15, -0.1) is 0 Å². The molecule has 0 fully saturated rings. The van der Waals surface area contributed by atoms with E-state index in [1.54, 1.807) is 36.5 Å². The van der Waals surface area contributed by atoms with Gasteiger partial charge in [0.05, 0.1) is 79.4 Å². The highest BCUT2D eigenvalue weighted by Gasteiger charge is 2.30. The average molecular weight is 1260 g/mol. The number of aliphatic hydroxyl groups excluding tert-OH is 14. The number of aliphatic carboxylic acids is 1. The van der Waals surface area contributed by atoms with Crippen molar-refractivity contribution in [1.82, 2.24) is 5.32 Å². The summed E-state index contributed by atoms with van der Waals surface area (Å²) in [7, 11) is 0. The summed E-state index contributed by atoms with van der Waals surface area (Å²) in [5.41, 5.74) is 11.8. The van der Waals surface area contributed by atoms with Crippen LogP contribution < -0.4 is 16.8 Å². The largest absolute Gasteiger partial charge is 0.478 e. The fourth-order valence-corrected chi connectivity index (χ4v) is 9.43. The molecule has 0 aliphatic rings. The Morgan fingerprint density at radius 1 is 0.500 bits per heavy atom. The van der Waals surface area contributed by atoms with E-state index in [4.69, 9.17) is 16.6 Å². The summed E-state index contributed by atoms with van der Waals surface area (Å²) in [6.45, 7) is 7.96. The second kappa shape index (κ2) is 49.9. The lowest BCUT2D eigenvalue weighted by molar-refractivity contribution is -0.132. The van der Waals surface area contributed by atoms with Crippen LogP contribution in [0.2, 0.25) is 0 Å². The van der Waals surface area contributed by atoms with Crippen LogP contribution in [0, 0.1) is 17.8 Å². The van der Waals surface area contributed by atoms with Gasteiger partial charge in [-0.05, 0) is 82.6 Å². The van der Waals surface area contributed by atoms with Crippen molar-refractivity contribution in [3.63, 3.8) is 0 Å². The fourth-order valence-electron chi connectivity index (χ4n) is 9.43. The van der Waals surface area contributed by atoms with Crippen molar-refractivity contribution >= 4 is 11.9 Å². The van der Waals surface area contributed by atoms with Gasteiger partial charge in [0.2, 0.25) is 0 Å². The SMILES string of the molecule is C\C(=C/C=C/C=C/CC/C=C/C(C)C(O)C(C)C(O)/C=C/C=C/C=C/C=C/C=C/C=C/CC(O)C(C)C(CC(O)CC(O)/C=C/CC(O)CC(O)CC(O)/C=C/CC(O)CC(O)C(O)C(O)CC(O)CC(O)CCCN=C(N)N)NCc1ccccc1)C(=O)O. The molecule has 0 radical (unpaired) electrons. The van der Waals surface area contributed by atoms with Crippen molar-refractivity contribution in [3.05, 3.63) is 181 Å². The van der Waals surface area contributed by atoms with E-state index in [2.05, 4.69) is 10.3 Å². The molecule has 0 saturated carbocycles. The van der Waals surface area contributed by atoms with Gasteiger partial charge in [-0.1, -0.05) is 191 Å². The summed E-state index contributed by atoms with van der Waals surface area (Å²) in [4.78, 5) is 14.6. The maximum atomic E-state index is 11.2. The van der Waals surface area contributed by atoms with Crippen LogP contribution in [-0.4, -0.2) is 187 Å². The van der Waals surface area contributed by atoms with Gasteiger partial charge < -0.3 is 93.4 Å². The Morgan fingerprint density at radius 2 is 1.00 bits per heavy atom. The van der Waals surface area contributed by atoms with E-state index in [0.29, 0.717) is 32.4 Å². The van der Waals surface area contributed by atoms with Crippen LogP contribution in [0.15, 0.2) is 181 Å². The molecule has 0 aliphatic heterocycles. The van der Waals surface area contributed by atoms with Crippen LogP contribution >= 0.6 is 0 Å². The number of nitrogens with one attached hydrogen (secondary N) is 1. The first-order valence-corrected chi connectivity index (χ1v) is 31.4. The molecule has 0 heterocycles. The monoisotopic (exact) mass is 1260 g/mol. The van der Waals surface area contributed by atoms with Gasteiger partial charge in [-0.25, -0.2) is 4.79 Å². The molecule has 0 amide bonds. The van der Waals surface area contributed by atoms with Crippen molar-refractivity contribution in [2.75, 3.05) is 6.54 Å². The molecule has 506 valence electrons. The van der Waals surface area contributed by atoms with Crippen molar-refractivity contribution in [3.8, 4) is 0 Å². The summed E-state index contributed by atoms with van der Waals surface area (Å²) in [5.74, 6) is -1.86. The Balaban J connectivity index is 2.57. The van der Waals surface area contributed by atoms with Crippen LogP contribution in [0.5, 0.6) is 0 Å². The number of carboxylic acids is 1. The summed E-state index contributed by atoms with van der Waals surface area (Å²) in [6.07, 6.45) is 26.8. The highest BCUT2D eigenvalue weighted by molar-refractivity contribution is 5.86. The first-order valence-electron chi connectivity index (χ1n) is 31.4. The lowest BCUT2D eigenvalue weighted by atomic mass is 9.88. The molecule has 0 saturated heterocycles. The minimum Gasteiger partial charge on any atom is -0.478 e. The third-order valence-electron chi connectivity index (χ3n) is 15.1. The number of rotatable bonds is 49. The first kappa shape index (κ1) is 82.3. The van der Waals surface area contributed by atoms with Gasteiger partial charge in [-0.2, -0.15) is 0 Å². The zero-order chi connectivity index (χ0) is 67.2. The molecule has 1 aromatic carbocycles. The molecule has 18 atom stereocenters. The third kappa shape index (κ3) is 41.6. The zero-order valence-electron chi connectivity index (χ0n) is 53.1. The van der Waals surface area contributed by atoms with Crippen LogP contribution in [0.3, 0.4) is 0 Å². The molecule has 0 aliphatic carbocycles. The van der Waals surface area contributed by atoms with Crippen LogP contribution in [0.1, 0.15) is 123 Å². The minimum absolute atomic E-state index is 0.00670. The Morgan fingerprint density at radius 3 is 1.59 bits per heavy atom. The predicted octanol–water partition coefficient (Wildman–Crippen LogP) is 4.99. The Hall–Kier alpha value is -5.76. The van der Waals surface area contributed by atoms with Gasteiger partial charge in [-0.3, -0.25) is 4.99 Å². The molecule has 18 unspecified atom stereocenters. The maximum absolute atomic E-state index is 11.2. The highest BCUT2D eigenvalue weighted by Crippen LogP contribution is 2.22. The summed E-state index contributed by atoms with van der Waals surface area (Å²) in [5, 5.41) is 160. The van der Waals surface area contributed by atoms with Gasteiger partial charge in [0.15, 0.2) is 5.96 Å². The highest BCUT2D eigenvalue weighted by atomic mass is 16.4.